The Balaban J connectivity index is 1.85. The number of para-hydroxylation sites is 4. The monoisotopic (exact) mass is 273 g/mol. The minimum atomic E-state index is 1.09. The van der Waals surface area contributed by atoms with E-state index in [2.05, 4.69) is 70.1 Å². The number of hydrazine groups is 2. The lowest BCUT2D eigenvalue weighted by molar-refractivity contribution is 0.969. The van der Waals surface area contributed by atoms with E-state index in [1.807, 2.05) is 30.3 Å². The molecule has 3 heteroatoms. The smallest absolute Gasteiger partial charge is 0.0902 e. The number of benzene rings is 3. The maximum absolute atomic E-state index is 3.46. The Hall–Kier alpha value is -2.94. The lowest BCUT2D eigenvalue weighted by Crippen LogP contribution is -2.38. The molecule has 0 aromatic heterocycles. The van der Waals surface area contributed by atoms with Gasteiger partial charge in [0.05, 0.1) is 22.7 Å². The first kappa shape index (κ1) is 11.9. The van der Waals surface area contributed by atoms with Gasteiger partial charge in [-0.1, -0.05) is 48.5 Å². The maximum Gasteiger partial charge on any atom is 0.0902 e. The molecular weight excluding hydrogens is 258 g/mol. The van der Waals surface area contributed by atoms with E-state index in [-0.39, 0.29) is 0 Å². The first-order chi connectivity index (χ1) is 10.4. The van der Waals surface area contributed by atoms with Crippen LogP contribution in [-0.4, -0.2) is 0 Å². The second kappa shape index (κ2) is 4.87. The van der Waals surface area contributed by atoms with Gasteiger partial charge >= 0.3 is 0 Å². The third kappa shape index (κ3) is 1.99. The van der Waals surface area contributed by atoms with Crippen LogP contribution in [0.2, 0.25) is 0 Å². The summed E-state index contributed by atoms with van der Waals surface area (Å²) in [7, 11) is 0. The highest BCUT2D eigenvalue weighted by molar-refractivity contribution is 5.86. The molecule has 0 radical (unpaired) electrons. The molecule has 0 aliphatic carbocycles. The standard InChI is InChI=1S/C18H15N3/c1-3-9-15(10-4-1)20-18-14-8-7-13-17(18)19-21(20)16-11-5-2-6-12-16/h1-14,19H. The first-order valence-electron chi connectivity index (χ1n) is 6.99. The Morgan fingerprint density at radius 1 is 0.571 bits per heavy atom. The van der Waals surface area contributed by atoms with Crippen LogP contribution in [0, 0.1) is 0 Å². The van der Waals surface area contributed by atoms with Crippen molar-refractivity contribution in [3.63, 3.8) is 0 Å². The number of anilines is 4. The lowest BCUT2D eigenvalue weighted by atomic mass is 10.2. The van der Waals surface area contributed by atoms with Gasteiger partial charge in [-0.2, -0.15) is 5.12 Å². The second-order valence-corrected chi connectivity index (χ2v) is 4.92. The fourth-order valence-electron chi connectivity index (χ4n) is 2.60. The Kier molecular flexibility index (Phi) is 2.75. The summed E-state index contributed by atoms with van der Waals surface area (Å²) in [6.07, 6.45) is 0. The third-order valence-electron chi connectivity index (χ3n) is 3.56. The van der Waals surface area contributed by atoms with Gasteiger partial charge in [0, 0.05) is 0 Å². The van der Waals surface area contributed by atoms with E-state index in [1.54, 1.807) is 0 Å². The molecule has 0 unspecified atom stereocenters. The summed E-state index contributed by atoms with van der Waals surface area (Å²) in [5.74, 6) is 0. The number of hydrogen-bond donors (Lipinski definition) is 1. The van der Waals surface area contributed by atoms with Crippen LogP contribution in [0.15, 0.2) is 84.9 Å². The molecule has 0 saturated heterocycles. The molecule has 0 spiro atoms. The normalized spacial score (nSPS) is 13.0. The summed E-state index contributed by atoms with van der Waals surface area (Å²) >= 11 is 0. The number of rotatable bonds is 2. The largest absolute Gasteiger partial charge is 0.277 e. The zero-order valence-electron chi connectivity index (χ0n) is 11.5. The van der Waals surface area contributed by atoms with Crippen LogP contribution < -0.4 is 15.6 Å². The molecule has 0 fully saturated rings. The molecule has 0 bridgehead atoms. The molecule has 0 amide bonds. The number of hydrogen-bond acceptors (Lipinski definition) is 3. The van der Waals surface area contributed by atoms with E-state index in [0.29, 0.717) is 0 Å². The van der Waals surface area contributed by atoms with Crippen molar-refractivity contribution in [3.8, 4) is 0 Å². The summed E-state index contributed by atoms with van der Waals surface area (Å²) in [4.78, 5) is 0. The quantitative estimate of drug-likeness (QED) is 0.737. The minimum Gasteiger partial charge on any atom is -0.277 e. The van der Waals surface area contributed by atoms with Crippen molar-refractivity contribution in [1.82, 2.24) is 0 Å². The highest BCUT2D eigenvalue weighted by atomic mass is 15.8. The summed E-state index contributed by atoms with van der Waals surface area (Å²) in [5, 5.41) is 4.25. The van der Waals surface area contributed by atoms with E-state index < -0.39 is 0 Å². The number of fused-ring (bicyclic) bond motifs is 1. The molecule has 3 aromatic carbocycles. The van der Waals surface area contributed by atoms with E-state index in [4.69, 9.17) is 0 Å². The summed E-state index contributed by atoms with van der Waals surface area (Å²) in [6, 6.07) is 29.0. The predicted molar refractivity (Wildman–Crippen MR) is 87.6 cm³/mol. The zero-order valence-corrected chi connectivity index (χ0v) is 11.5. The van der Waals surface area contributed by atoms with Crippen molar-refractivity contribution < 1.29 is 0 Å². The van der Waals surface area contributed by atoms with Crippen LogP contribution in [0.4, 0.5) is 22.7 Å². The molecule has 0 atom stereocenters. The molecule has 1 heterocycles. The third-order valence-corrected chi connectivity index (χ3v) is 3.56. The fourth-order valence-corrected chi connectivity index (χ4v) is 2.60. The van der Waals surface area contributed by atoms with Gasteiger partial charge in [-0.25, -0.2) is 5.01 Å². The van der Waals surface area contributed by atoms with Crippen LogP contribution in [0.3, 0.4) is 0 Å². The second-order valence-electron chi connectivity index (χ2n) is 4.92. The van der Waals surface area contributed by atoms with Crippen molar-refractivity contribution >= 4 is 22.7 Å². The molecule has 3 nitrogen and oxygen atoms in total. The molecular formula is C18H15N3. The van der Waals surface area contributed by atoms with Crippen molar-refractivity contribution in [1.29, 1.82) is 0 Å². The van der Waals surface area contributed by atoms with Gasteiger partial charge in [-0.15, -0.1) is 0 Å². The molecule has 21 heavy (non-hydrogen) atoms. The van der Waals surface area contributed by atoms with Gasteiger partial charge in [0.25, 0.3) is 0 Å². The summed E-state index contributed by atoms with van der Waals surface area (Å²) < 4.78 is 0. The minimum absolute atomic E-state index is 1.09. The van der Waals surface area contributed by atoms with Crippen LogP contribution >= 0.6 is 0 Å². The lowest BCUT2D eigenvalue weighted by Gasteiger charge is -2.30. The molecule has 0 saturated carbocycles. The zero-order chi connectivity index (χ0) is 14.1. The fraction of sp³-hybridized carbons (Fsp3) is 0. The SMILES string of the molecule is c1ccc(N2Nc3ccccc3N2c2ccccc2)cc1. The van der Waals surface area contributed by atoms with Crippen LogP contribution in [0.25, 0.3) is 0 Å². The average molecular weight is 273 g/mol. The van der Waals surface area contributed by atoms with E-state index in [0.717, 1.165) is 22.7 Å². The Morgan fingerprint density at radius 3 is 1.86 bits per heavy atom. The molecule has 102 valence electrons. The maximum atomic E-state index is 3.46. The van der Waals surface area contributed by atoms with E-state index >= 15 is 0 Å². The topological polar surface area (TPSA) is 18.5 Å². The molecule has 1 aliphatic heterocycles. The Bertz CT molecular complexity index is 741. The van der Waals surface area contributed by atoms with Gasteiger partial charge in [-0.3, -0.25) is 5.43 Å². The van der Waals surface area contributed by atoms with Gasteiger partial charge in [0.2, 0.25) is 0 Å². The molecule has 1 aliphatic rings. The average Bonchev–Trinajstić information content (AvgIpc) is 2.96. The van der Waals surface area contributed by atoms with Gasteiger partial charge in [-0.05, 0) is 36.4 Å². The van der Waals surface area contributed by atoms with Crippen molar-refractivity contribution in [3.05, 3.63) is 84.9 Å². The van der Waals surface area contributed by atoms with Crippen molar-refractivity contribution in [2.24, 2.45) is 0 Å². The van der Waals surface area contributed by atoms with Crippen molar-refractivity contribution in [2.75, 3.05) is 15.6 Å². The van der Waals surface area contributed by atoms with Gasteiger partial charge in [0.15, 0.2) is 0 Å². The highest BCUT2D eigenvalue weighted by Crippen LogP contribution is 2.40. The van der Waals surface area contributed by atoms with Crippen LogP contribution in [0.1, 0.15) is 0 Å². The summed E-state index contributed by atoms with van der Waals surface area (Å²) in [5.41, 5.74) is 7.93. The predicted octanol–water partition coefficient (Wildman–Crippen LogP) is 4.59. The van der Waals surface area contributed by atoms with E-state index in [1.165, 1.54) is 0 Å². The van der Waals surface area contributed by atoms with Crippen molar-refractivity contribution in [2.45, 2.75) is 0 Å². The highest BCUT2D eigenvalue weighted by Gasteiger charge is 2.28. The number of nitrogens with one attached hydrogen (secondary N) is 1. The van der Waals surface area contributed by atoms with Gasteiger partial charge in [0.1, 0.15) is 0 Å². The van der Waals surface area contributed by atoms with Crippen LogP contribution in [-0.2, 0) is 0 Å². The van der Waals surface area contributed by atoms with Crippen LogP contribution in [0.5, 0.6) is 0 Å². The number of nitrogens with zero attached hydrogens (tertiary/aromatic N) is 2. The molecule has 1 N–H and O–H groups in total. The van der Waals surface area contributed by atoms with E-state index in [9.17, 15) is 0 Å². The first-order valence-corrected chi connectivity index (χ1v) is 6.99. The Morgan fingerprint density at radius 2 is 1.14 bits per heavy atom. The summed E-state index contributed by atoms with van der Waals surface area (Å²) in [6.45, 7) is 0. The Labute approximate surface area is 124 Å². The van der Waals surface area contributed by atoms with Gasteiger partial charge < -0.3 is 0 Å². The molecule has 3 aromatic rings. The molecule has 4 rings (SSSR count).